The molecule has 0 aliphatic heterocycles. The second-order valence-electron chi connectivity index (χ2n) is 17.0. The van der Waals surface area contributed by atoms with Crippen LogP contribution in [0.25, 0.3) is 0 Å². The van der Waals surface area contributed by atoms with Gasteiger partial charge in [0, 0.05) is 19.3 Å². The molecule has 6 nitrogen and oxygen atoms in total. The van der Waals surface area contributed by atoms with Crippen LogP contribution in [0.5, 0.6) is 0 Å². The Balaban J connectivity index is 4.56. The fourth-order valence-electron chi connectivity index (χ4n) is 6.60. The highest BCUT2D eigenvalue weighted by Gasteiger charge is 2.19. The Bertz CT molecular complexity index is 1530. The van der Waals surface area contributed by atoms with Gasteiger partial charge in [0.2, 0.25) is 0 Å². The summed E-state index contributed by atoms with van der Waals surface area (Å²) in [6.45, 7) is 6.30. The lowest BCUT2D eigenvalue weighted by molar-refractivity contribution is -0.167. The third-order valence-corrected chi connectivity index (χ3v) is 10.6. The van der Waals surface area contributed by atoms with E-state index in [4.69, 9.17) is 14.2 Å². The number of allylic oxidation sites excluding steroid dienone is 24. The molecule has 67 heavy (non-hydrogen) atoms. The van der Waals surface area contributed by atoms with Crippen molar-refractivity contribution in [2.24, 2.45) is 0 Å². The van der Waals surface area contributed by atoms with Crippen LogP contribution in [0.15, 0.2) is 146 Å². The molecule has 6 heteroatoms. The molecule has 0 saturated heterocycles. The number of rotatable bonds is 45. The van der Waals surface area contributed by atoms with E-state index in [0.29, 0.717) is 12.8 Å². The van der Waals surface area contributed by atoms with Crippen LogP contribution in [-0.2, 0) is 28.6 Å². The van der Waals surface area contributed by atoms with Crippen molar-refractivity contribution >= 4 is 17.9 Å². The molecule has 0 bridgehead atoms. The maximum absolute atomic E-state index is 12.8. The molecule has 0 aliphatic carbocycles. The van der Waals surface area contributed by atoms with Gasteiger partial charge in [0.15, 0.2) is 6.10 Å². The maximum atomic E-state index is 12.8. The van der Waals surface area contributed by atoms with Gasteiger partial charge in [0.05, 0.1) is 0 Å². The molecule has 0 rings (SSSR count). The highest BCUT2D eigenvalue weighted by Crippen LogP contribution is 2.13. The van der Waals surface area contributed by atoms with Crippen molar-refractivity contribution in [1.29, 1.82) is 0 Å². The Morgan fingerprint density at radius 3 is 0.970 bits per heavy atom. The van der Waals surface area contributed by atoms with Crippen molar-refractivity contribution in [2.45, 2.75) is 207 Å². The predicted octanol–water partition coefficient (Wildman–Crippen LogP) is 17.6. The summed E-state index contributed by atoms with van der Waals surface area (Å²) in [6.07, 6.45) is 76.7. The number of ether oxygens (including phenoxy) is 3. The fourth-order valence-corrected chi connectivity index (χ4v) is 6.60. The molecule has 0 aromatic heterocycles. The Labute approximate surface area is 410 Å². The summed E-state index contributed by atoms with van der Waals surface area (Å²) in [4.78, 5) is 38.1. The molecule has 0 fully saturated rings. The fraction of sp³-hybridized carbons (Fsp3) is 0.557. The SMILES string of the molecule is CC\C=C/C=C\C=C/CCCCCCCC(=O)OCC(COC(=O)CCCCCCC\C=C/C=C\C=C/C=C\C=C/CCC)OC(=O)CCCCCCC\C=C/C=C\C=C/C=C\CCCCC. The molecular weight excluding hydrogens is 829 g/mol. The van der Waals surface area contributed by atoms with E-state index in [9.17, 15) is 14.4 Å². The smallest absolute Gasteiger partial charge is 0.306 e. The van der Waals surface area contributed by atoms with Crippen molar-refractivity contribution in [3.8, 4) is 0 Å². The van der Waals surface area contributed by atoms with Crippen LogP contribution >= 0.6 is 0 Å². The van der Waals surface area contributed by atoms with Crippen LogP contribution < -0.4 is 0 Å². The van der Waals surface area contributed by atoms with Gasteiger partial charge in [-0.25, -0.2) is 0 Å². The van der Waals surface area contributed by atoms with Crippen LogP contribution in [0.1, 0.15) is 201 Å². The topological polar surface area (TPSA) is 78.9 Å². The molecule has 0 aromatic rings. The predicted molar refractivity (Wildman–Crippen MR) is 288 cm³/mol. The highest BCUT2D eigenvalue weighted by molar-refractivity contribution is 5.71. The largest absolute Gasteiger partial charge is 0.462 e. The molecule has 0 amide bonds. The number of carbonyl (C=O) groups is 3. The monoisotopic (exact) mass is 923 g/mol. The summed E-state index contributed by atoms with van der Waals surface area (Å²) >= 11 is 0. The summed E-state index contributed by atoms with van der Waals surface area (Å²) < 4.78 is 16.8. The third-order valence-electron chi connectivity index (χ3n) is 10.6. The Morgan fingerprint density at radius 1 is 0.313 bits per heavy atom. The number of hydrogen-bond donors (Lipinski definition) is 0. The first-order valence-electron chi connectivity index (χ1n) is 26.5. The zero-order valence-corrected chi connectivity index (χ0v) is 42.6. The van der Waals surface area contributed by atoms with E-state index in [0.717, 1.165) is 135 Å². The normalized spacial score (nSPS) is 13.3. The lowest BCUT2D eigenvalue weighted by atomic mass is 10.1. The van der Waals surface area contributed by atoms with Gasteiger partial charge < -0.3 is 14.2 Å². The standard InChI is InChI=1S/C61H94O6/c1-4-7-10-13-16-19-22-25-27-29-31-33-36-39-42-45-48-51-54-60(63)66-57-58(56-65-59(62)53-50-47-44-41-38-35-24-21-18-15-12-9-6-3)67-61(64)55-52-49-46-43-40-37-34-32-30-28-26-23-20-17-14-11-8-5-2/h9-10,12-13,15-34,58H,4-8,11,14,35-57H2,1-3H3/b12-9-,13-10-,18-15-,19-16-,20-17-,24-21-,25-22-,26-23-,29-27-,30-28-,33-31-,34-32-. The van der Waals surface area contributed by atoms with E-state index in [2.05, 4.69) is 124 Å². The van der Waals surface area contributed by atoms with E-state index in [1.165, 1.54) is 25.7 Å². The van der Waals surface area contributed by atoms with Gasteiger partial charge >= 0.3 is 17.9 Å². The van der Waals surface area contributed by atoms with Crippen LogP contribution in [0.4, 0.5) is 0 Å². The van der Waals surface area contributed by atoms with E-state index in [-0.39, 0.29) is 37.5 Å². The molecule has 0 saturated carbocycles. The van der Waals surface area contributed by atoms with Crippen molar-refractivity contribution in [1.82, 2.24) is 0 Å². The van der Waals surface area contributed by atoms with E-state index in [1.807, 2.05) is 42.5 Å². The summed E-state index contributed by atoms with van der Waals surface area (Å²) in [7, 11) is 0. The minimum atomic E-state index is -0.817. The first-order valence-corrected chi connectivity index (χ1v) is 26.5. The molecule has 0 radical (unpaired) electrons. The first-order chi connectivity index (χ1) is 33.0. The van der Waals surface area contributed by atoms with Crippen LogP contribution in [0.2, 0.25) is 0 Å². The van der Waals surface area contributed by atoms with Crippen molar-refractivity contribution in [2.75, 3.05) is 13.2 Å². The summed E-state index contributed by atoms with van der Waals surface area (Å²) in [5, 5.41) is 0. The van der Waals surface area contributed by atoms with Gasteiger partial charge in [0.25, 0.3) is 0 Å². The quantitative estimate of drug-likeness (QED) is 0.0262. The number of carbonyl (C=O) groups excluding carboxylic acids is 3. The van der Waals surface area contributed by atoms with Gasteiger partial charge in [-0.15, -0.1) is 0 Å². The summed E-state index contributed by atoms with van der Waals surface area (Å²) in [5.74, 6) is -0.991. The Kier molecular flexibility index (Phi) is 50.1. The van der Waals surface area contributed by atoms with E-state index >= 15 is 0 Å². The highest BCUT2D eigenvalue weighted by atomic mass is 16.6. The zero-order chi connectivity index (χ0) is 48.6. The molecule has 0 heterocycles. The minimum absolute atomic E-state index is 0.114. The third kappa shape index (κ3) is 52.1. The number of esters is 3. The molecule has 1 atom stereocenters. The van der Waals surface area contributed by atoms with Gasteiger partial charge in [-0.2, -0.15) is 0 Å². The van der Waals surface area contributed by atoms with Crippen LogP contribution in [-0.4, -0.2) is 37.2 Å². The van der Waals surface area contributed by atoms with Crippen molar-refractivity contribution in [3.63, 3.8) is 0 Å². The second-order valence-corrected chi connectivity index (χ2v) is 17.0. The zero-order valence-electron chi connectivity index (χ0n) is 42.6. The molecule has 0 N–H and O–H groups in total. The Morgan fingerprint density at radius 2 is 0.612 bits per heavy atom. The summed E-state index contributed by atoms with van der Waals surface area (Å²) in [6, 6.07) is 0. The van der Waals surface area contributed by atoms with Crippen molar-refractivity contribution < 1.29 is 28.6 Å². The molecular formula is C61H94O6. The number of unbranched alkanes of at least 4 members (excludes halogenated alkanes) is 19. The maximum Gasteiger partial charge on any atom is 0.306 e. The van der Waals surface area contributed by atoms with E-state index < -0.39 is 6.10 Å². The van der Waals surface area contributed by atoms with Crippen molar-refractivity contribution in [3.05, 3.63) is 146 Å². The van der Waals surface area contributed by atoms with Gasteiger partial charge in [-0.1, -0.05) is 244 Å². The van der Waals surface area contributed by atoms with Gasteiger partial charge in [-0.05, 0) is 83.5 Å². The first kappa shape index (κ1) is 62.3. The Hall–Kier alpha value is -4.71. The lowest BCUT2D eigenvalue weighted by Crippen LogP contribution is -2.30. The van der Waals surface area contributed by atoms with E-state index in [1.54, 1.807) is 0 Å². The average Bonchev–Trinajstić information content (AvgIpc) is 3.33. The molecule has 0 spiro atoms. The second kappa shape index (κ2) is 53.9. The van der Waals surface area contributed by atoms with Gasteiger partial charge in [0.1, 0.15) is 13.2 Å². The van der Waals surface area contributed by atoms with Gasteiger partial charge in [-0.3, -0.25) is 14.4 Å². The van der Waals surface area contributed by atoms with Crippen LogP contribution in [0.3, 0.4) is 0 Å². The molecule has 0 aromatic carbocycles. The minimum Gasteiger partial charge on any atom is -0.462 e. The molecule has 0 aliphatic rings. The number of hydrogen-bond acceptors (Lipinski definition) is 6. The summed E-state index contributed by atoms with van der Waals surface area (Å²) in [5.41, 5.74) is 0. The molecule has 1 unspecified atom stereocenters. The lowest BCUT2D eigenvalue weighted by Gasteiger charge is -2.18. The average molecular weight is 923 g/mol. The molecule has 374 valence electrons. The van der Waals surface area contributed by atoms with Crippen LogP contribution in [0, 0.1) is 0 Å².